The fraction of sp³-hybridized carbons (Fsp3) is 0.333. The summed E-state index contributed by atoms with van der Waals surface area (Å²) in [4.78, 5) is 26.2. The summed E-state index contributed by atoms with van der Waals surface area (Å²) < 4.78 is 47.1. The Balaban J connectivity index is 2.13. The van der Waals surface area contributed by atoms with Crippen LogP contribution in [0.1, 0.15) is 37.8 Å². The summed E-state index contributed by atoms with van der Waals surface area (Å²) in [6, 6.07) is 15.2. The Morgan fingerprint density at radius 1 is 1.03 bits per heavy atom. The number of ether oxygens (including phenoxy) is 1. The van der Waals surface area contributed by atoms with E-state index in [2.05, 4.69) is 0 Å². The van der Waals surface area contributed by atoms with Crippen LogP contribution in [0.3, 0.4) is 0 Å². The number of carbonyl (C=O) groups is 2. The van der Waals surface area contributed by atoms with Crippen molar-refractivity contribution in [2.24, 2.45) is 5.92 Å². The zero-order chi connectivity index (χ0) is 23.7. The van der Waals surface area contributed by atoms with Crippen molar-refractivity contribution in [1.82, 2.24) is 4.90 Å². The lowest BCUT2D eigenvalue weighted by atomic mass is 9.78. The van der Waals surface area contributed by atoms with Gasteiger partial charge >= 0.3 is 12.3 Å². The maximum atomic E-state index is 14.0. The number of alkyl halides is 3. The molecule has 2 aromatic carbocycles. The Labute approximate surface area is 189 Å². The molecule has 0 unspecified atom stereocenters. The molecule has 0 saturated carbocycles. The van der Waals surface area contributed by atoms with E-state index in [0.717, 1.165) is 11.6 Å². The number of hydrogen-bond acceptors (Lipinski definition) is 3. The van der Waals surface area contributed by atoms with Gasteiger partial charge < -0.3 is 4.74 Å². The van der Waals surface area contributed by atoms with Gasteiger partial charge in [0.25, 0.3) is 0 Å². The standard InChI is InChI=1S/C24H23ClF3NO3/c1-23(2,3)32-22(31)29-20(24(26,27)28)14-18(16-9-11-17(25)12-10-16)19(21(29)30)13-15-7-5-4-6-8-15/h4-12,14,18-19H,13H2,1-3H3/t18-,19+/m1/s1. The van der Waals surface area contributed by atoms with E-state index in [1.54, 1.807) is 54.6 Å². The van der Waals surface area contributed by atoms with Crippen LogP contribution in [-0.4, -0.2) is 28.7 Å². The summed E-state index contributed by atoms with van der Waals surface area (Å²) in [5.41, 5.74) is -1.16. The van der Waals surface area contributed by atoms with Gasteiger partial charge in [0.05, 0.1) is 5.92 Å². The minimum atomic E-state index is -4.94. The van der Waals surface area contributed by atoms with Gasteiger partial charge in [0.15, 0.2) is 0 Å². The van der Waals surface area contributed by atoms with Crippen molar-refractivity contribution in [3.05, 3.63) is 82.5 Å². The molecule has 0 N–H and O–H groups in total. The molecule has 170 valence electrons. The molecule has 8 heteroatoms. The molecule has 0 saturated heterocycles. The van der Waals surface area contributed by atoms with Crippen molar-refractivity contribution in [3.8, 4) is 0 Å². The molecule has 2 amide bonds. The van der Waals surface area contributed by atoms with Crippen molar-refractivity contribution in [3.63, 3.8) is 0 Å². The highest BCUT2D eigenvalue weighted by molar-refractivity contribution is 6.30. The van der Waals surface area contributed by atoms with E-state index in [9.17, 15) is 22.8 Å². The molecule has 0 fully saturated rings. The summed E-state index contributed by atoms with van der Waals surface area (Å²) in [5.74, 6) is -2.81. The Morgan fingerprint density at radius 2 is 1.62 bits per heavy atom. The number of amides is 2. The quantitative estimate of drug-likeness (QED) is 0.519. The lowest BCUT2D eigenvalue weighted by Gasteiger charge is -2.37. The predicted octanol–water partition coefficient (Wildman–Crippen LogP) is 6.51. The Morgan fingerprint density at radius 3 is 2.16 bits per heavy atom. The molecular weight excluding hydrogens is 443 g/mol. The molecule has 4 nitrogen and oxygen atoms in total. The van der Waals surface area contributed by atoms with E-state index in [0.29, 0.717) is 10.6 Å². The molecule has 1 aliphatic heterocycles. The van der Waals surface area contributed by atoms with E-state index >= 15 is 0 Å². The van der Waals surface area contributed by atoms with Crippen molar-refractivity contribution >= 4 is 23.6 Å². The van der Waals surface area contributed by atoms with Crippen LogP contribution >= 0.6 is 11.6 Å². The second-order valence-electron chi connectivity index (χ2n) is 8.58. The van der Waals surface area contributed by atoms with E-state index in [1.165, 1.54) is 20.8 Å². The van der Waals surface area contributed by atoms with Gasteiger partial charge in [0, 0.05) is 10.9 Å². The topological polar surface area (TPSA) is 46.6 Å². The number of benzene rings is 2. The third-order valence-corrected chi connectivity index (χ3v) is 5.22. The van der Waals surface area contributed by atoms with Gasteiger partial charge in [-0.1, -0.05) is 54.1 Å². The molecule has 0 spiro atoms. The van der Waals surface area contributed by atoms with Gasteiger partial charge in [-0.3, -0.25) is 4.79 Å². The van der Waals surface area contributed by atoms with E-state index < -0.39 is 41.3 Å². The van der Waals surface area contributed by atoms with E-state index in [-0.39, 0.29) is 11.3 Å². The highest BCUT2D eigenvalue weighted by Gasteiger charge is 2.51. The summed E-state index contributed by atoms with van der Waals surface area (Å²) in [6.45, 7) is 4.57. The van der Waals surface area contributed by atoms with E-state index in [4.69, 9.17) is 16.3 Å². The summed E-state index contributed by atoms with van der Waals surface area (Å²) in [5, 5.41) is 0.422. The van der Waals surface area contributed by atoms with Gasteiger partial charge in [0.2, 0.25) is 5.91 Å². The molecule has 0 radical (unpaired) electrons. The van der Waals surface area contributed by atoms with Crippen LogP contribution in [0.25, 0.3) is 0 Å². The Kier molecular flexibility index (Phi) is 6.69. The number of halogens is 4. The molecule has 2 aromatic rings. The molecular formula is C24H23ClF3NO3. The largest absolute Gasteiger partial charge is 0.443 e. The van der Waals surface area contributed by atoms with Crippen molar-refractivity contribution in [2.75, 3.05) is 0 Å². The fourth-order valence-electron chi connectivity index (χ4n) is 3.61. The van der Waals surface area contributed by atoms with Crippen molar-refractivity contribution in [2.45, 2.75) is 44.9 Å². The zero-order valence-electron chi connectivity index (χ0n) is 17.8. The van der Waals surface area contributed by atoms with Gasteiger partial charge in [-0.05, 0) is 56.5 Å². The zero-order valence-corrected chi connectivity index (χ0v) is 18.6. The minimum Gasteiger partial charge on any atom is -0.443 e. The molecule has 0 aromatic heterocycles. The van der Waals surface area contributed by atoms with Crippen LogP contribution in [-0.2, 0) is 16.0 Å². The molecule has 0 bridgehead atoms. The van der Waals surface area contributed by atoms with Crippen LogP contribution in [0.4, 0.5) is 18.0 Å². The molecule has 3 rings (SSSR count). The second-order valence-corrected chi connectivity index (χ2v) is 9.01. The van der Waals surface area contributed by atoms with Crippen molar-refractivity contribution in [1.29, 1.82) is 0 Å². The van der Waals surface area contributed by atoms with Crippen molar-refractivity contribution < 1.29 is 27.5 Å². The SMILES string of the molecule is CC(C)(C)OC(=O)N1C(=O)[C@@H](Cc2ccccc2)[C@@H](c2ccc(Cl)cc2)C=C1C(F)(F)F. The number of allylic oxidation sites excluding steroid dienone is 2. The third kappa shape index (κ3) is 5.51. The summed E-state index contributed by atoms with van der Waals surface area (Å²) in [6.07, 6.45) is -5.20. The van der Waals surface area contributed by atoms with Gasteiger partial charge in [-0.15, -0.1) is 0 Å². The van der Waals surface area contributed by atoms with Gasteiger partial charge in [0.1, 0.15) is 11.3 Å². The number of imide groups is 1. The Bertz CT molecular complexity index is 1010. The molecule has 2 atom stereocenters. The Hall–Kier alpha value is -2.80. The first-order valence-corrected chi connectivity index (χ1v) is 10.4. The van der Waals surface area contributed by atoms with Crippen LogP contribution < -0.4 is 0 Å². The maximum Gasteiger partial charge on any atom is 0.431 e. The van der Waals surface area contributed by atoms with Gasteiger partial charge in [-0.2, -0.15) is 13.2 Å². The number of carbonyl (C=O) groups excluding carboxylic acids is 2. The monoisotopic (exact) mass is 465 g/mol. The van der Waals surface area contributed by atoms with Crippen LogP contribution in [0.15, 0.2) is 66.4 Å². The highest BCUT2D eigenvalue weighted by atomic mass is 35.5. The summed E-state index contributed by atoms with van der Waals surface area (Å²) in [7, 11) is 0. The maximum absolute atomic E-state index is 14.0. The number of rotatable bonds is 3. The number of hydrogen-bond donors (Lipinski definition) is 0. The second kappa shape index (κ2) is 8.98. The lowest BCUT2D eigenvalue weighted by Crippen LogP contribution is -2.50. The average Bonchev–Trinajstić information content (AvgIpc) is 2.68. The van der Waals surface area contributed by atoms with Crippen LogP contribution in [0.5, 0.6) is 0 Å². The predicted molar refractivity (Wildman–Crippen MR) is 115 cm³/mol. The molecule has 0 aliphatic carbocycles. The molecule has 1 aliphatic rings. The highest BCUT2D eigenvalue weighted by Crippen LogP contribution is 2.42. The first-order chi connectivity index (χ1) is 14.9. The third-order valence-electron chi connectivity index (χ3n) is 4.97. The minimum absolute atomic E-state index is 0.130. The smallest absolute Gasteiger partial charge is 0.431 e. The van der Waals surface area contributed by atoms with Crippen LogP contribution in [0, 0.1) is 5.92 Å². The first kappa shape index (κ1) is 23.9. The number of nitrogens with zero attached hydrogens (tertiary/aromatic N) is 1. The molecule has 1 heterocycles. The lowest BCUT2D eigenvalue weighted by molar-refractivity contribution is -0.147. The normalized spacial score (nSPS) is 19.5. The first-order valence-electron chi connectivity index (χ1n) is 10.0. The fourth-order valence-corrected chi connectivity index (χ4v) is 3.74. The average molecular weight is 466 g/mol. The van der Waals surface area contributed by atoms with Crippen LogP contribution in [0.2, 0.25) is 5.02 Å². The van der Waals surface area contributed by atoms with Gasteiger partial charge in [-0.25, -0.2) is 9.69 Å². The summed E-state index contributed by atoms with van der Waals surface area (Å²) >= 11 is 5.94. The van der Waals surface area contributed by atoms with E-state index in [1.807, 2.05) is 0 Å². The molecule has 32 heavy (non-hydrogen) atoms.